The Morgan fingerprint density at radius 3 is 2.76 bits per heavy atom. The van der Waals surface area contributed by atoms with E-state index < -0.39 is 5.97 Å². The molecule has 7 heteroatoms. The van der Waals surface area contributed by atoms with E-state index in [1.807, 2.05) is 18.7 Å². The summed E-state index contributed by atoms with van der Waals surface area (Å²) in [4.78, 5) is 17.0. The Labute approximate surface area is 109 Å². The zero-order chi connectivity index (χ0) is 13.0. The molecule has 1 atom stereocenters. The number of ether oxygens (including phenoxy) is 1. The van der Waals surface area contributed by atoms with Crippen LogP contribution in [0.25, 0.3) is 0 Å². The molecule has 0 saturated heterocycles. The van der Waals surface area contributed by atoms with Crippen LogP contribution in [0.5, 0.6) is 0 Å². The van der Waals surface area contributed by atoms with E-state index in [4.69, 9.17) is 21.4 Å². The van der Waals surface area contributed by atoms with E-state index in [9.17, 15) is 4.79 Å². The maximum absolute atomic E-state index is 10.9. The zero-order valence-corrected chi connectivity index (χ0v) is 11.5. The smallest absolute Gasteiger partial charge is 0.349 e. The van der Waals surface area contributed by atoms with E-state index in [1.165, 1.54) is 0 Å². The number of carboxylic acid groups (broad SMARTS) is 1. The maximum atomic E-state index is 10.9. The van der Waals surface area contributed by atoms with Crippen molar-refractivity contribution in [3.63, 3.8) is 0 Å². The molecular formula is C10H15ClN2O3S. The number of carboxylic acids is 1. The fraction of sp³-hybridized carbons (Fsp3) is 0.600. The highest BCUT2D eigenvalue weighted by Gasteiger charge is 2.21. The normalized spacial score (nSPS) is 12.5. The molecule has 0 aliphatic carbocycles. The molecule has 1 heterocycles. The first-order chi connectivity index (χ1) is 8.01. The molecule has 0 spiro atoms. The predicted octanol–water partition coefficient (Wildman–Crippen LogP) is 2.36. The number of halogens is 1. The number of aromatic carboxylic acids is 1. The Balaban J connectivity index is 2.96. The highest BCUT2D eigenvalue weighted by atomic mass is 35.5. The van der Waals surface area contributed by atoms with E-state index in [-0.39, 0.29) is 16.1 Å². The van der Waals surface area contributed by atoms with Crippen molar-refractivity contribution in [2.24, 2.45) is 0 Å². The lowest BCUT2D eigenvalue weighted by atomic mass is 10.3. The van der Waals surface area contributed by atoms with Crippen LogP contribution in [-0.4, -0.2) is 42.4 Å². The molecule has 1 aromatic heterocycles. The highest BCUT2D eigenvalue weighted by molar-refractivity contribution is 7.18. The minimum absolute atomic E-state index is 0.0422. The number of carbonyl (C=O) groups is 1. The molecule has 1 rings (SSSR count). The highest BCUT2D eigenvalue weighted by Crippen LogP contribution is 2.30. The number of rotatable bonds is 6. The minimum Gasteiger partial charge on any atom is -0.477 e. The molecule has 0 saturated carbocycles. The van der Waals surface area contributed by atoms with Crippen molar-refractivity contribution >= 4 is 34.0 Å². The molecule has 0 fully saturated rings. The van der Waals surface area contributed by atoms with Crippen LogP contribution in [0.15, 0.2) is 0 Å². The van der Waals surface area contributed by atoms with Crippen molar-refractivity contribution in [1.29, 1.82) is 0 Å². The number of methoxy groups -OCH3 is 1. The summed E-state index contributed by atoms with van der Waals surface area (Å²) in [6.07, 6.45) is 0. The van der Waals surface area contributed by atoms with Crippen molar-refractivity contribution in [2.75, 3.05) is 25.2 Å². The Morgan fingerprint density at radius 2 is 2.35 bits per heavy atom. The summed E-state index contributed by atoms with van der Waals surface area (Å²) in [5, 5.41) is 9.57. The lowest BCUT2D eigenvalue weighted by Crippen LogP contribution is -2.36. The van der Waals surface area contributed by atoms with Gasteiger partial charge in [0.15, 0.2) is 15.2 Å². The zero-order valence-electron chi connectivity index (χ0n) is 9.94. The van der Waals surface area contributed by atoms with Gasteiger partial charge >= 0.3 is 5.97 Å². The summed E-state index contributed by atoms with van der Waals surface area (Å²) in [5.74, 6) is -1.05. The first-order valence-corrected chi connectivity index (χ1v) is 6.35. The number of nitrogens with zero attached hydrogens (tertiary/aromatic N) is 2. The van der Waals surface area contributed by atoms with Crippen LogP contribution in [-0.2, 0) is 4.74 Å². The Morgan fingerprint density at radius 1 is 1.71 bits per heavy atom. The quantitative estimate of drug-likeness (QED) is 0.865. The predicted molar refractivity (Wildman–Crippen MR) is 68.4 cm³/mol. The second kappa shape index (κ2) is 6.18. The van der Waals surface area contributed by atoms with Gasteiger partial charge < -0.3 is 14.7 Å². The third kappa shape index (κ3) is 3.31. The van der Waals surface area contributed by atoms with Gasteiger partial charge in [0.05, 0.1) is 12.6 Å². The number of thiazole rings is 1. The molecule has 0 radical (unpaired) electrons. The first kappa shape index (κ1) is 14.2. The van der Waals surface area contributed by atoms with Crippen LogP contribution < -0.4 is 4.90 Å². The minimum atomic E-state index is -1.05. The first-order valence-electron chi connectivity index (χ1n) is 5.16. The maximum Gasteiger partial charge on any atom is 0.349 e. The SMILES string of the molecule is CCN(c1nc(Cl)c(C(=O)O)s1)C(C)COC. The summed E-state index contributed by atoms with van der Waals surface area (Å²) in [6, 6.07) is 0.119. The molecule has 1 unspecified atom stereocenters. The van der Waals surface area contributed by atoms with Crippen molar-refractivity contribution in [3.8, 4) is 0 Å². The third-order valence-corrected chi connectivity index (χ3v) is 3.76. The van der Waals surface area contributed by atoms with E-state index >= 15 is 0 Å². The molecule has 0 aliphatic heterocycles. The van der Waals surface area contributed by atoms with Gasteiger partial charge in [0.25, 0.3) is 0 Å². The molecular weight excluding hydrogens is 264 g/mol. The van der Waals surface area contributed by atoms with Crippen molar-refractivity contribution < 1.29 is 14.6 Å². The number of aromatic nitrogens is 1. The average Bonchev–Trinajstić information content (AvgIpc) is 2.62. The largest absolute Gasteiger partial charge is 0.477 e. The van der Waals surface area contributed by atoms with Crippen LogP contribution in [0.4, 0.5) is 5.13 Å². The van der Waals surface area contributed by atoms with Gasteiger partial charge in [0.2, 0.25) is 0 Å². The van der Waals surface area contributed by atoms with Gasteiger partial charge in [0.1, 0.15) is 0 Å². The molecule has 5 nitrogen and oxygen atoms in total. The summed E-state index contributed by atoms with van der Waals surface area (Å²) in [5.41, 5.74) is 0. The van der Waals surface area contributed by atoms with Crippen molar-refractivity contribution in [2.45, 2.75) is 19.9 Å². The van der Waals surface area contributed by atoms with Crippen molar-refractivity contribution in [3.05, 3.63) is 10.0 Å². The molecule has 1 aromatic rings. The fourth-order valence-corrected chi connectivity index (χ4v) is 2.80. The van der Waals surface area contributed by atoms with Gasteiger partial charge in [-0.15, -0.1) is 0 Å². The van der Waals surface area contributed by atoms with Gasteiger partial charge in [-0.3, -0.25) is 0 Å². The summed E-state index contributed by atoms with van der Waals surface area (Å²) in [6.45, 7) is 5.23. The van der Waals surface area contributed by atoms with Crippen LogP contribution in [0, 0.1) is 0 Å². The van der Waals surface area contributed by atoms with Crippen LogP contribution in [0.2, 0.25) is 5.15 Å². The number of hydrogen-bond donors (Lipinski definition) is 1. The van der Waals surface area contributed by atoms with E-state index in [2.05, 4.69) is 4.98 Å². The molecule has 1 N–H and O–H groups in total. The lowest BCUT2D eigenvalue weighted by molar-refractivity contribution is 0.0702. The van der Waals surface area contributed by atoms with Crippen LogP contribution in [0.3, 0.4) is 0 Å². The summed E-state index contributed by atoms with van der Waals surface area (Å²) < 4.78 is 5.08. The Kier molecular flexibility index (Phi) is 5.17. The second-order valence-electron chi connectivity index (χ2n) is 3.51. The number of hydrogen-bond acceptors (Lipinski definition) is 5. The number of likely N-dealkylation sites (N-methyl/N-ethyl adjacent to an activating group) is 1. The Hall–Kier alpha value is -0.850. The van der Waals surface area contributed by atoms with Gasteiger partial charge in [-0.1, -0.05) is 22.9 Å². The second-order valence-corrected chi connectivity index (χ2v) is 4.85. The molecule has 17 heavy (non-hydrogen) atoms. The molecule has 0 amide bonds. The van der Waals surface area contributed by atoms with Crippen molar-refractivity contribution in [1.82, 2.24) is 4.98 Å². The Bertz CT molecular complexity index is 397. The van der Waals surface area contributed by atoms with E-state index in [0.29, 0.717) is 18.3 Å². The van der Waals surface area contributed by atoms with Gasteiger partial charge in [-0.2, -0.15) is 0 Å². The fourth-order valence-electron chi connectivity index (χ4n) is 1.51. The molecule has 96 valence electrons. The van der Waals surface area contributed by atoms with Crippen LogP contribution in [0.1, 0.15) is 23.5 Å². The topological polar surface area (TPSA) is 62.7 Å². The summed E-state index contributed by atoms with van der Waals surface area (Å²) in [7, 11) is 1.63. The van der Waals surface area contributed by atoms with Gasteiger partial charge in [-0.25, -0.2) is 9.78 Å². The molecule has 0 aromatic carbocycles. The van der Waals surface area contributed by atoms with Gasteiger partial charge in [0, 0.05) is 13.7 Å². The number of anilines is 1. The molecule has 0 bridgehead atoms. The monoisotopic (exact) mass is 278 g/mol. The average molecular weight is 279 g/mol. The molecule has 0 aliphatic rings. The van der Waals surface area contributed by atoms with E-state index in [0.717, 1.165) is 11.3 Å². The van der Waals surface area contributed by atoms with Crippen LogP contribution >= 0.6 is 22.9 Å². The lowest BCUT2D eigenvalue weighted by Gasteiger charge is -2.26. The van der Waals surface area contributed by atoms with E-state index in [1.54, 1.807) is 7.11 Å². The summed E-state index contributed by atoms with van der Waals surface area (Å²) >= 11 is 6.87. The standard InChI is InChI=1S/C10H15ClN2O3S/c1-4-13(6(2)5-16-3)10-12-8(11)7(17-10)9(14)15/h6H,4-5H2,1-3H3,(H,14,15). The third-order valence-electron chi connectivity index (χ3n) is 2.30. The van der Waals surface area contributed by atoms with Gasteiger partial charge in [-0.05, 0) is 13.8 Å².